The zero-order chi connectivity index (χ0) is 10.6. The fourth-order valence-corrected chi connectivity index (χ4v) is 1.00. The van der Waals surface area contributed by atoms with E-state index in [0.717, 1.165) is 12.5 Å². The van der Waals surface area contributed by atoms with Gasteiger partial charge in [0, 0.05) is 0 Å². The second-order valence-electron chi connectivity index (χ2n) is 2.61. The first-order valence-electron chi connectivity index (χ1n) is 4.11. The van der Waals surface area contributed by atoms with Gasteiger partial charge in [0.05, 0.1) is 11.4 Å². The molecule has 5 nitrogen and oxygen atoms in total. The van der Waals surface area contributed by atoms with Gasteiger partial charge in [0.1, 0.15) is 5.35 Å². The third kappa shape index (κ3) is 2.50. The highest BCUT2D eigenvalue weighted by Gasteiger charge is 1.89. The zero-order valence-electron chi connectivity index (χ0n) is 7.63. The maximum absolute atomic E-state index is 10.9. The number of rotatable bonds is 2. The first-order valence-corrected chi connectivity index (χ1v) is 4.11. The monoisotopic (exact) mass is 194 g/mol. The van der Waals surface area contributed by atoms with Crippen molar-refractivity contribution in [1.82, 2.24) is 9.97 Å². The minimum Gasteiger partial charge on any atom is -0.478 e. The number of hydrogen-bond donors (Lipinski definition) is 3. The third-order valence-electron chi connectivity index (χ3n) is 1.50. The molecule has 0 fully saturated rings. The number of H-pyrrole nitrogens is 2. The van der Waals surface area contributed by atoms with Crippen LogP contribution in [0.3, 0.4) is 0 Å². The van der Waals surface area contributed by atoms with E-state index in [4.69, 9.17) is 5.11 Å². The second-order valence-corrected chi connectivity index (χ2v) is 2.61. The van der Waals surface area contributed by atoms with Gasteiger partial charge in [-0.2, -0.15) is 0 Å². The summed E-state index contributed by atoms with van der Waals surface area (Å²) >= 11 is 0. The molecule has 0 radical (unpaired) electrons. The molecule has 0 unspecified atom stereocenters. The van der Waals surface area contributed by atoms with Crippen LogP contribution in [-0.2, 0) is 4.79 Å². The Morgan fingerprint density at radius 1 is 1.57 bits per heavy atom. The van der Waals surface area contributed by atoms with Crippen LogP contribution in [0.25, 0.3) is 11.8 Å². The van der Waals surface area contributed by atoms with Gasteiger partial charge >= 0.3 is 11.7 Å². The molecule has 0 aliphatic heterocycles. The molecule has 1 heterocycles. The topological polar surface area (TPSA) is 86.0 Å². The van der Waals surface area contributed by atoms with Crippen molar-refractivity contribution in [3.8, 4) is 0 Å². The Labute approximate surface area is 79.1 Å². The molecular weight excluding hydrogens is 184 g/mol. The van der Waals surface area contributed by atoms with Crippen LogP contribution < -0.4 is 16.4 Å². The molecule has 0 aliphatic rings. The summed E-state index contributed by atoms with van der Waals surface area (Å²) in [6.45, 7) is 1.91. The number of aromatic amines is 2. The molecule has 0 bridgehead atoms. The number of imidazole rings is 1. The lowest BCUT2D eigenvalue weighted by Gasteiger charge is -1.75. The highest BCUT2D eigenvalue weighted by molar-refractivity contribution is 5.82. The van der Waals surface area contributed by atoms with Gasteiger partial charge in [-0.1, -0.05) is 18.7 Å². The van der Waals surface area contributed by atoms with Crippen molar-refractivity contribution in [3.63, 3.8) is 0 Å². The van der Waals surface area contributed by atoms with Crippen molar-refractivity contribution >= 4 is 17.8 Å². The highest BCUT2D eigenvalue weighted by Crippen LogP contribution is 1.70. The maximum Gasteiger partial charge on any atom is 0.336 e. The average Bonchev–Trinajstić information content (AvgIpc) is 2.44. The largest absolute Gasteiger partial charge is 0.478 e. The standard InChI is InChI=1S/C9H10N2O3/c1-2-3-6-7(4-5-8(12)13)11-9(14)10-6/h3,5H,2H2,1H3,(H,12,13)(H2,10,11,14). The molecule has 0 spiro atoms. The number of carboxylic acids is 1. The first kappa shape index (κ1) is 10.1. The predicted molar refractivity (Wildman–Crippen MR) is 51.0 cm³/mol. The molecule has 0 saturated carbocycles. The SMILES string of the molecule is CCC=c1[nH]c(=O)[nH]c1=C=CC(=O)O. The summed E-state index contributed by atoms with van der Waals surface area (Å²) in [5.74, 6) is -1.10. The molecule has 1 aromatic heterocycles. The van der Waals surface area contributed by atoms with Crippen molar-refractivity contribution in [3.05, 3.63) is 27.3 Å². The normalized spacial score (nSPS) is 11.1. The van der Waals surface area contributed by atoms with E-state index >= 15 is 0 Å². The van der Waals surface area contributed by atoms with Gasteiger partial charge in [-0.15, -0.1) is 0 Å². The van der Waals surface area contributed by atoms with Gasteiger partial charge in [0.15, 0.2) is 0 Å². The molecule has 74 valence electrons. The summed E-state index contributed by atoms with van der Waals surface area (Å²) in [5.41, 5.74) is 2.11. The van der Waals surface area contributed by atoms with E-state index in [1.165, 1.54) is 0 Å². The Balaban J connectivity index is 3.49. The molecule has 0 amide bonds. The Morgan fingerprint density at radius 2 is 2.29 bits per heavy atom. The van der Waals surface area contributed by atoms with Crippen molar-refractivity contribution in [2.45, 2.75) is 13.3 Å². The number of aromatic nitrogens is 2. The molecular formula is C9H10N2O3. The van der Waals surface area contributed by atoms with Gasteiger partial charge in [-0.25, -0.2) is 9.59 Å². The van der Waals surface area contributed by atoms with Crippen LogP contribution in [0.5, 0.6) is 0 Å². The molecule has 5 heteroatoms. The summed E-state index contributed by atoms with van der Waals surface area (Å²) in [6, 6.07) is 0. The number of carbonyl (C=O) groups is 1. The van der Waals surface area contributed by atoms with E-state index in [9.17, 15) is 9.59 Å². The minimum atomic E-state index is -1.10. The molecule has 1 aromatic rings. The van der Waals surface area contributed by atoms with Gasteiger partial charge in [0.2, 0.25) is 0 Å². The van der Waals surface area contributed by atoms with Crippen molar-refractivity contribution in [2.24, 2.45) is 0 Å². The van der Waals surface area contributed by atoms with E-state index in [-0.39, 0.29) is 5.69 Å². The van der Waals surface area contributed by atoms with Gasteiger partial charge in [-0.05, 0) is 6.42 Å². The summed E-state index contributed by atoms with van der Waals surface area (Å²) in [5, 5.41) is 9.30. The van der Waals surface area contributed by atoms with Crippen molar-refractivity contribution in [2.75, 3.05) is 0 Å². The molecule has 14 heavy (non-hydrogen) atoms. The van der Waals surface area contributed by atoms with Crippen LogP contribution in [0.2, 0.25) is 0 Å². The average molecular weight is 194 g/mol. The van der Waals surface area contributed by atoms with E-state index in [1.54, 1.807) is 6.08 Å². The van der Waals surface area contributed by atoms with Crippen LogP contribution in [0.4, 0.5) is 0 Å². The lowest BCUT2D eigenvalue weighted by molar-refractivity contribution is -0.131. The van der Waals surface area contributed by atoms with E-state index in [0.29, 0.717) is 10.7 Å². The van der Waals surface area contributed by atoms with Gasteiger partial charge in [0.25, 0.3) is 0 Å². The smallest absolute Gasteiger partial charge is 0.336 e. The number of carboxylic acid groups (broad SMARTS) is 1. The quantitative estimate of drug-likeness (QED) is 0.523. The Bertz CT molecular complexity index is 529. The number of nitrogens with one attached hydrogen (secondary N) is 2. The Kier molecular flexibility index (Phi) is 3.09. The van der Waals surface area contributed by atoms with Gasteiger partial charge in [-0.3, -0.25) is 4.98 Å². The van der Waals surface area contributed by atoms with Crippen LogP contribution in [-0.4, -0.2) is 21.0 Å². The third-order valence-corrected chi connectivity index (χ3v) is 1.50. The minimum absolute atomic E-state index is 0.360. The fourth-order valence-electron chi connectivity index (χ4n) is 1.00. The van der Waals surface area contributed by atoms with Crippen LogP contribution >= 0.6 is 0 Å². The van der Waals surface area contributed by atoms with Crippen LogP contribution in [0.1, 0.15) is 13.3 Å². The van der Waals surface area contributed by atoms with Crippen molar-refractivity contribution in [1.29, 1.82) is 0 Å². The lowest BCUT2D eigenvalue weighted by Crippen LogP contribution is -2.23. The molecule has 3 N–H and O–H groups in total. The maximum atomic E-state index is 10.9. The first-order chi connectivity index (χ1) is 6.63. The van der Waals surface area contributed by atoms with Gasteiger partial charge < -0.3 is 10.1 Å². The number of aliphatic carboxylic acids is 1. The molecule has 1 rings (SSSR count). The molecule has 0 aromatic carbocycles. The summed E-state index contributed by atoms with van der Waals surface area (Å²) in [7, 11) is 0. The van der Waals surface area contributed by atoms with E-state index in [1.807, 2.05) is 6.92 Å². The summed E-state index contributed by atoms with van der Waals surface area (Å²) in [6.07, 6.45) is 3.37. The number of hydrogen-bond acceptors (Lipinski definition) is 2. The summed E-state index contributed by atoms with van der Waals surface area (Å²) in [4.78, 5) is 26.1. The highest BCUT2D eigenvalue weighted by atomic mass is 16.4. The van der Waals surface area contributed by atoms with Crippen LogP contribution in [0.15, 0.2) is 10.9 Å². The lowest BCUT2D eigenvalue weighted by atomic mass is 10.4. The Morgan fingerprint density at radius 3 is 2.86 bits per heavy atom. The fraction of sp³-hybridized carbons (Fsp3) is 0.222. The van der Waals surface area contributed by atoms with Crippen molar-refractivity contribution < 1.29 is 9.90 Å². The molecule has 0 atom stereocenters. The second kappa shape index (κ2) is 4.30. The Hall–Kier alpha value is -2.00. The predicted octanol–water partition coefficient (Wildman–Crippen LogP) is -1.09. The molecule has 0 saturated heterocycles. The van der Waals surface area contributed by atoms with Crippen LogP contribution in [0, 0.1) is 0 Å². The molecule has 0 aliphatic carbocycles. The zero-order valence-corrected chi connectivity index (χ0v) is 7.63. The van der Waals surface area contributed by atoms with E-state index in [2.05, 4.69) is 15.7 Å². The van der Waals surface area contributed by atoms with E-state index < -0.39 is 5.97 Å². The summed E-state index contributed by atoms with van der Waals surface area (Å²) < 4.78 is 0.